The third-order valence-corrected chi connectivity index (χ3v) is 2.94. The van der Waals surface area contributed by atoms with E-state index in [0.29, 0.717) is 0 Å². The maximum absolute atomic E-state index is 12.0. The van der Waals surface area contributed by atoms with Gasteiger partial charge in [-0.1, -0.05) is 24.3 Å². The van der Waals surface area contributed by atoms with E-state index in [4.69, 9.17) is 9.47 Å². The van der Waals surface area contributed by atoms with Crippen molar-refractivity contribution in [3.63, 3.8) is 0 Å². The van der Waals surface area contributed by atoms with Crippen LogP contribution in [-0.4, -0.2) is 23.9 Å². The van der Waals surface area contributed by atoms with E-state index in [1.165, 1.54) is 50.2 Å². The normalized spacial score (nSPS) is 9.85. The van der Waals surface area contributed by atoms with Crippen LogP contribution in [0.25, 0.3) is 0 Å². The first-order chi connectivity index (χ1) is 12.9. The van der Waals surface area contributed by atoms with Crippen molar-refractivity contribution < 1.29 is 43.5 Å². The van der Waals surface area contributed by atoms with Gasteiger partial charge in [0, 0.05) is 18.9 Å². The zero-order chi connectivity index (χ0) is 19.8. The standard InChI is InChI=1S/C18H14O9/c1-11(19)23-15-9-5-3-7-13(15)17(21)25-27-26-18(22)14-8-4-6-10-16(14)24-12(2)20/h3-10H,1-2H3. The van der Waals surface area contributed by atoms with Crippen molar-refractivity contribution in [3.8, 4) is 11.5 Å². The van der Waals surface area contributed by atoms with Crippen molar-refractivity contribution >= 4 is 23.9 Å². The summed E-state index contributed by atoms with van der Waals surface area (Å²) in [5.41, 5.74) is -0.242. The molecule has 2 rings (SSSR count). The van der Waals surface area contributed by atoms with Gasteiger partial charge in [0.2, 0.25) is 0 Å². The summed E-state index contributed by atoms with van der Waals surface area (Å²) in [5, 5.41) is 4.21. The van der Waals surface area contributed by atoms with Gasteiger partial charge >= 0.3 is 23.9 Å². The third-order valence-electron chi connectivity index (χ3n) is 2.94. The Hall–Kier alpha value is -3.72. The summed E-state index contributed by atoms with van der Waals surface area (Å²) in [7, 11) is 0. The number of esters is 2. The Labute approximate surface area is 153 Å². The highest BCUT2D eigenvalue weighted by Crippen LogP contribution is 2.21. The SMILES string of the molecule is CC(=O)Oc1ccccc1C(=O)OOOC(=O)c1ccccc1OC(C)=O. The number of para-hydroxylation sites is 2. The molecule has 2 aromatic rings. The van der Waals surface area contributed by atoms with Crippen LogP contribution >= 0.6 is 0 Å². The summed E-state index contributed by atoms with van der Waals surface area (Å²) in [6.07, 6.45) is 0. The lowest BCUT2D eigenvalue weighted by molar-refractivity contribution is -0.446. The van der Waals surface area contributed by atoms with Gasteiger partial charge in [0.05, 0.1) is 0 Å². The van der Waals surface area contributed by atoms with Crippen LogP contribution in [0, 0.1) is 0 Å². The Morgan fingerprint density at radius 2 is 1.00 bits per heavy atom. The summed E-state index contributed by atoms with van der Waals surface area (Å²) in [4.78, 5) is 54.8. The van der Waals surface area contributed by atoms with Crippen LogP contribution in [0.5, 0.6) is 11.5 Å². The Morgan fingerprint density at radius 1 is 0.630 bits per heavy atom. The van der Waals surface area contributed by atoms with E-state index in [0.717, 1.165) is 0 Å². The second-order valence-corrected chi connectivity index (χ2v) is 4.99. The van der Waals surface area contributed by atoms with E-state index in [1.54, 1.807) is 12.1 Å². The quantitative estimate of drug-likeness (QED) is 0.325. The number of carbonyl (C=O) groups is 4. The number of ether oxygens (including phenoxy) is 2. The Kier molecular flexibility index (Phi) is 6.61. The predicted molar refractivity (Wildman–Crippen MR) is 87.4 cm³/mol. The highest BCUT2D eigenvalue weighted by atomic mass is 17.5. The number of rotatable bonds is 6. The molecule has 0 aliphatic carbocycles. The molecule has 0 saturated carbocycles. The first-order valence-corrected chi connectivity index (χ1v) is 7.53. The number of benzene rings is 2. The average Bonchev–Trinajstić information content (AvgIpc) is 2.61. The molecule has 9 heteroatoms. The molecule has 0 aliphatic heterocycles. The molecule has 0 fully saturated rings. The first kappa shape index (κ1) is 19.6. The van der Waals surface area contributed by atoms with Gasteiger partial charge in [-0.3, -0.25) is 19.4 Å². The highest BCUT2D eigenvalue weighted by molar-refractivity contribution is 5.94. The molecule has 0 aliphatic rings. The van der Waals surface area contributed by atoms with Crippen molar-refractivity contribution in [2.75, 3.05) is 0 Å². The third kappa shape index (κ3) is 5.65. The molecule has 0 spiro atoms. The minimum atomic E-state index is -1.06. The molecule has 0 aromatic heterocycles. The molecule has 0 amide bonds. The molecule has 9 nitrogen and oxygen atoms in total. The first-order valence-electron chi connectivity index (χ1n) is 7.53. The fourth-order valence-electron chi connectivity index (χ4n) is 1.93. The molecule has 0 atom stereocenters. The minimum absolute atomic E-state index is 0.0508. The molecule has 0 unspecified atom stereocenters. The molecule has 0 bridgehead atoms. The molecule has 0 N–H and O–H groups in total. The van der Waals surface area contributed by atoms with Crippen molar-refractivity contribution in [3.05, 3.63) is 59.7 Å². The lowest BCUT2D eigenvalue weighted by Gasteiger charge is -2.08. The van der Waals surface area contributed by atoms with E-state index in [2.05, 4.69) is 14.8 Å². The molecular weight excluding hydrogens is 360 g/mol. The summed E-state index contributed by atoms with van der Waals surface area (Å²) < 4.78 is 9.73. The topological polar surface area (TPSA) is 114 Å². The zero-order valence-corrected chi connectivity index (χ0v) is 14.3. The number of hydrogen-bond acceptors (Lipinski definition) is 9. The van der Waals surface area contributed by atoms with Gasteiger partial charge in [-0.25, -0.2) is 9.59 Å². The van der Waals surface area contributed by atoms with Gasteiger partial charge < -0.3 is 9.47 Å². The molecule has 0 saturated heterocycles. The molecular formula is C18H14O9. The molecule has 140 valence electrons. The summed E-state index contributed by atoms with van der Waals surface area (Å²) in [5.74, 6) is -3.49. The molecule has 0 radical (unpaired) electrons. The van der Waals surface area contributed by atoms with Gasteiger partial charge in [0.25, 0.3) is 0 Å². The van der Waals surface area contributed by atoms with Gasteiger partial charge in [-0.05, 0) is 24.3 Å². The molecule has 27 heavy (non-hydrogen) atoms. The van der Waals surface area contributed by atoms with Crippen molar-refractivity contribution in [1.29, 1.82) is 0 Å². The van der Waals surface area contributed by atoms with Gasteiger partial charge in [-0.15, -0.1) is 0 Å². The predicted octanol–water partition coefficient (Wildman–Crippen LogP) is 2.40. The second kappa shape index (κ2) is 9.11. The second-order valence-electron chi connectivity index (χ2n) is 4.99. The van der Waals surface area contributed by atoms with Crippen LogP contribution in [-0.2, 0) is 24.4 Å². The maximum atomic E-state index is 12.0. The van der Waals surface area contributed by atoms with Gasteiger partial charge in [-0.2, -0.15) is 0 Å². The van der Waals surface area contributed by atoms with Crippen molar-refractivity contribution in [2.45, 2.75) is 13.8 Å². The van der Waals surface area contributed by atoms with Crippen LogP contribution in [0.2, 0.25) is 0 Å². The summed E-state index contributed by atoms with van der Waals surface area (Å²) in [6, 6.07) is 11.5. The van der Waals surface area contributed by atoms with Crippen LogP contribution in [0.3, 0.4) is 0 Å². The monoisotopic (exact) mass is 374 g/mol. The Balaban J connectivity index is 1.99. The van der Waals surface area contributed by atoms with E-state index in [1.807, 2.05) is 0 Å². The van der Waals surface area contributed by atoms with E-state index in [-0.39, 0.29) is 22.6 Å². The van der Waals surface area contributed by atoms with Crippen LogP contribution < -0.4 is 9.47 Å². The van der Waals surface area contributed by atoms with Crippen LogP contribution in [0.4, 0.5) is 0 Å². The largest absolute Gasteiger partial charge is 0.426 e. The van der Waals surface area contributed by atoms with Crippen molar-refractivity contribution in [1.82, 2.24) is 0 Å². The fourth-order valence-corrected chi connectivity index (χ4v) is 1.93. The van der Waals surface area contributed by atoms with Crippen molar-refractivity contribution in [2.24, 2.45) is 0 Å². The lowest BCUT2D eigenvalue weighted by atomic mass is 10.2. The minimum Gasteiger partial charge on any atom is -0.426 e. The average molecular weight is 374 g/mol. The maximum Gasteiger partial charge on any atom is 0.381 e. The number of hydrogen-bond donors (Lipinski definition) is 0. The highest BCUT2D eigenvalue weighted by Gasteiger charge is 2.20. The Bertz CT molecular complexity index is 801. The van der Waals surface area contributed by atoms with Gasteiger partial charge in [0.1, 0.15) is 22.6 Å². The smallest absolute Gasteiger partial charge is 0.381 e. The van der Waals surface area contributed by atoms with Crippen LogP contribution in [0.1, 0.15) is 34.6 Å². The van der Waals surface area contributed by atoms with E-state index < -0.39 is 23.9 Å². The fraction of sp³-hybridized carbons (Fsp3) is 0.111. The molecule has 0 heterocycles. The van der Waals surface area contributed by atoms with Crippen LogP contribution in [0.15, 0.2) is 48.5 Å². The van der Waals surface area contributed by atoms with Gasteiger partial charge in [0.15, 0.2) is 0 Å². The summed E-state index contributed by atoms with van der Waals surface area (Å²) in [6.45, 7) is 2.34. The lowest BCUT2D eigenvalue weighted by Crippen LogP contribution is -2.14. The van der Waals surface area contributed by atoms with E-state index >= 15 is 0 Å². The number of carbonyl (C=O) groups excluding carboxylic acids is 4. The Morgan fingerprint density at radius 3 is 1.37 bits per heavy atom. The molecule has 2 aromatic carbocycles. The zero-order valence-electron chi connectivity index (χ0n) is 14.3. The van der Waals surface area contributed by atoms with E-state index in [9.17, 15) is 19.2 Å². The summed E-state index contributed by atoms with van der Waals surface area (Å²) >= 11 is 0.